The van der Waals surface area contributed by atoms with Crippen molar-refractivity contribution in [2.24, 2.45) is 0 Å². The maximum atomic E-state index is 12.1. The van der Waals surface area contributed by atoms with Crippen molar-refractivity contribution in [3.63, 3.8) is 0 Å². The van der Waals surface area contributed by atoms with Crippen molar-refractivity contribution in [1.29, 1.82) is 0 Å². The molecule has 0 saturated carbocycles. The molecule has 27 heavy (non-hydrogen) atoms. The van der Waals surface area contributed by atoms with Crippen molar-refractivity contribution in [2.75, 3.05) is 17.2 Å². The molecule has 0 atom stereocenters. The molecule has 1 heterocycles. The first-order valence-corrected chi connectivity index (χ1v) is 8.92. The summed E-state index contributed by atoms with van der Waals surface area (Å²) >= 11 is 0. The Hall–Kier alpha value is -3.41. The highest BCUT2D eigenvalue weighted by Crippen LogP contribution is 2.20. The number of amides is 2. The molecule has 3 rings (SSSR count). The van der Waals surface area contributed by atoms with Gasteiger partial charge in [-0.25, -0.2) is 4.79 Å². The van der Waals surface area contributed by atoms with E-state index in [9.17, 15) is 4.79 Å². The third kappa shape index (κ3) is 5.04. The van der Waals surface area contributed by atoms with E-state index in [1.807, 2.05) is 61.5 Å². The zero-order valence-electron chi connectivity index (χ0n) is 15.4. The summed E-state index contributed by atoms with van der Waals surface area (Å²) in [5.74, 6) is 0.503. The third-order valence-electron chi connectivity index (χ3n) is 3.99. The fourth-order valence-corrected chi connectivity index (χ4v) is 2.54. The maximum absolute atomic E-state index is 12.1. The molecule has 2 amide bonds. The van der Waals surface area contributed by atoms with Gasteiger partial charge in [0.2, 0.25) is 5.88 Å². The number of hydrogen-bond donors (Lipinski definition) is 2. The second-order valence-corrected chi connectivity index (χ2v) is 5.90. The van der Waals surface area contributed by atoms with E-state index in [0.29, 0.717) is 18.2 Å². The van der Waals surface area contributed by atoms with E-state index in [2.05, 4.69) is 27.8 Å². The molecular weight excluding hydrogens is 340 g/mol. The van der Waals surface area contributed by atoms with Gasteiger partial charge < -0.3 is 15.4 Å². The van der Waals surface area contributed by atoms with Crippen LogP contribution in [0.2, 0.25) is 0 Å². The van der Waals surface area contributed by atoms with Gasteiger partial charge in [0, 0.05) is 23.0 Å². The van der Waals surface area contributed by atoms with Crippen LogP contribution in [-0.2, 0) is 6.42 Å². The molecule has 0 spiro atoms. The topological polar surface area (TPSA) is 76.1 Å². The summed E-state index contributed by atoms with van der Waals surface area (Å²) in [4.78, 5) is 12.1. The van der Waals surface area contributed by atoms with Gasteiger partial charge in [0.1, 0.15) is 0 Å². The minimum absolute atomic E-state index is 0.284. The molecule has 138 valence electrons. The van der Waals surface area contributed by atoms with Crippen molar-refractivity contribution in [3.05, 3.63) is 66.2 Å². The van der Waals surface area contributed by atoms with E-state index in [1.54, 1.807) is 6.07 Å². The van der Waals surface area contributed by atoms with Gasteiger partial charge in [-0.2, -0.15) is 0 Å². The summed E-state index contributed by atoms with van der Waals surface area (Å²) in [7, 11) is 0. The van der Waals surface area contributed by atoms with Crippen LogP contribution in [0.4, 0.5) is 16.2 Å². The SMILES string of the molecule is CCOc1ccc(-c2ccc(NC(=O)Nc3ccc(CC)cc3)cc2)nn1. The Morgan fingerprint density at radius 2 is 1.48 bits per heavy atom. The Bertz CT molecular complexity index is 876. The molecule has 0 aliphatic carbocycles. The number of urea groups is 1. The van der Waals surface area contributed by atoms with Crippen molar-refractivity contribution in [1.82, 2.24) is 10.2 Å². The van der Waals surface area contributed by atoms with Crippen LogP contribution >= 0.6 is 0 Å². The molecule has 0 radical (unpaired) electrons. The lowest BCUT2D eigenvalue weighted by molar-refractivity contribution is 0.262. The second-order valence-electron chi connectivity index (χ2n) is 5.90. The molecule has 2 aromatic carbocycles. The number of anilines is 2. The van der Waals surface area contributed by atoms with Gasteiger partial charge in [-0.05, 0) is 49.2 Å². The molecular formula is C21H22N4O2. The van der Waals surface area contributed by atoms with Crippen molar-refractivity contribution < 1.29 is 9.53 Å². The number of rotatable bonds is 6. The van der Waals surface area contributed by atoms with Gasteiger partial charge in [-0.15, -0.1) is 10.2 Å². The van der Waals surface area contributed by atoms with Crippen LogP contribution in [0.25, 0.3) is 11.3 Å². The van der Waals surface area contributed by atoms with Gasteiger partial charge in [-0.1, -0.05) is 31.2 Å². The molecule has 2 N–H and O–H groups in total. The van der Waals surface area contributed by atoms with Crippen molar-refractivity contribution in [2.45, 2.75) is 20.3 Å². The summed E-state index contributed by atoms with van der Waals surface area (Å²) < 4.78 is 5.29. The van der Waals surface area contributed by atoms with Gasteiger partial charge in [-0.3, -0.25) is 0 Å². The van der Waals surface area contributed by atoms with E-state index in [4.69, 9.17) is 4.74 Å². The van der Waals surface area contributed by atoms with E-state index in [1.165, 1.54) is 5.56 Å². The smallest absolute Gasteiger partial charge is 0.323 e. The number of carbonyl (C=O) groups is 1. The number of hydrogen-bond acceptors (Lipinski definition) is 4. The summed E-state index contributed by atoms with van der Waals surface area (Å²) in [6.07, 6.45) is 0.970. The minimum atomic E-state index is -0.284. The summed E-state index contributed by atoms with van der Waals surface area (Å²) in [6, 6.07) is 18.6. The molecule has 0 fully saturated rings. The maximum Gasteiger partial charge on any atom is 0.323 e. The number of ether oxygens (including phenoxy) is 1. The predicted molar refractivity (Wildman–Crippen MR) is 107 cm³/mol. The molecule has 0 bridgehead atoms. The first-order chi connectivity index (χ1) is 13.2. The Kier molecular flexibility index (Phi) is 5.99. The average Bonchev–Trinajstić information content (AvgIpc) is 2.70. The molecule has 6 nitrogen and oxygen atoms in total. The molecule has 0 unspecified atom stereocenters. The normalized spacial score (nSPS) is 10.3. The lowest BCUT2D eigenvalue weighted by Gasteiger charge is -2.09. The van der Waals surface area contributed by atoms with Crippen LogP contribution < -0.4 is 15.4 Å². The van der Waals surface area contributed by atoms with Crippen LogP contribution in [0.15, 0.2) is 60.7 Å². The third-order valence-corrected chi connectivity index (χ3v) is 3.99. The van der Waals surface area contributed by atoms with E-state index in [0.717, 1.165) is 23.4 Å². The minimum Gasteiger partial charge on any atom is -0.477 e. The van der Waals surface area contributed by atoms with Crippen molar-refractivity contribution >= 4 is 17.4 Å². The molecule has 3 aromatic rings. The zero-order valence-corrected chi connectivity index (χ0v) is 15.4. The Morgan fingerprint density at radius 3 is 2.00 bits per heavy atom. The lowest BCUT2D eigenvalue weighted by Crippen LogP contribution is -2.19. The Labute approximate surface area is 158 Å². The zero-order chi connectivity index (χ0) is 19.1. The number of nitrogens with one attached hydrogen (secondary N) is 2. The largest absolute Gasteiger partial charge is 0.477 e. The van der Waals surface area contributed by atoms with Crippen LogP contribution in [0.5, 0.6) is 5.88 Å². The monoisotopic (exact) mass is 362 g/mol. The van der Waals surface area contributed by atoms with Gasteiger partial charge in [0.25, 0.3) is 0 Å². The first kappa shape index (κ1) is 18.4. The summed E-state index contributed by atoms with van der Waals surface area (Å²) in [5, 5.41) is 13.8. The van der Waals surface area contributed by atoms with Crippen LogP contribution in [-0.4, -0.2) is 22.8 Å². The average molecular weight is 362 g/mol. The highest BCUT2D eigenvalue weighted by atomic mass is 16.5. The number of carbonyl (C=O) groups excluding carboxylic acids is 1. The molecule has 6 heteroatoms. The van der Waals surface area contributed by atoms with Crippen LogP contribution in [0.3, 0.4) is 0 Å². The highest BCUT2D eigenvalue weighted by Gasteiger charge is 2.05. The van der Waals surface area contributed by atoms with E-state index >= 15 is 0 Å². The first-order valence-electron chi connectivity index (χ1n) is 8.92. The van der Waals surface area contributed by atoms with E-state index in [-0.39, 0.29) is 6.03 Å². The fraction of sp³-hybridized carbons (Fsp3) is 0.190. The summed E-state index contributed by atoms with van der Waals surface area (Å²) in [5.41, 5.74) is 4.33. The quantitative estimate of drug-likeness (QED) is 0.663. The number of benzene rings is 2. The number of nitrogens with zero attached hydrogens (tertiary/aromatic N) is 2. The van der Waals surface area contributed by atoms with Crippen LogP contribution in [0.1, 0.15) is 19.4 Å². The highest BCUT2D eigenvalue weighted by molar-refractivity contribution is 5.99. The van der Waals surface area contributed by atoms with Gasteiger partial charge >= 0.3 is 6.03 Å². The van der Waals surface area contributed by atoms with Gasteiger partial charge in [0.05, 0.1) is 12.3 Å². The fourth-order valence-electron chi connectivity index (χ4n) is 2.54. The van der Waals surface area contributed by atoms with Crippen molar-refractivity contribution in [3.8, 4) is 17.1 Å². The molecule has 1 aromatic heterocycles. The van der Waals surface area contributed by atoms with Gasteiger partial charge in [0.15, 0.2) is 0 Å². The Morgan fingerprint density at radius 1 is 0.852 bits per heavy atom. The standard InChI is InChI=1S/C21H22N4O2/c1-3-15-5-9-17(10-6-15)22-21(26)23-18-11-7-16(8-12-18)19-13-14-20(25-24-19)27-4-2/h5-14H,3-4H2,1-2H3,(H2,22,23,26). The number of aromatic nitrogens is 2. The van der Waals surface area contributed by atoms with Crippen LogP contribution in [0, 0.1) is 0 Å². The number of aryl methyl sites for hydroxylation is 1. The molecule has 0 aliphatic heterocycles. The predicted octanol–water partition coefficient (Wildman–Crippen LogP) is 4.75. The Balaban J connectivity index is 1.60. The van der Waals surface area contributed by atoms with E-state index < -0.39 is 0 Å². The second kappa shape index (κ2) is 8.80. The molecule has 0 aliphatic rings. The lowest BCUT2D eigenvalue weighted by atomic mass is 10.1. The summed E-state index contributed by atoms with van der Waals surface area (Å²) in [6.45, 7) is 4.55. The molecule has 0 saturated heterocycles.